The second-order valence-electron chi connectivity index (χ2n) is 3.23. The van der Waals surface area contributed by atoms with Crippen LogP contribution in [0.1, 0.15) is 0 Å². The average molecular weight is 202 g/mol. The Kier molecular flexibility index (Phi) is 2.54. The average Bonchev–Trinajstić information content (AvgIpc) is 2.22. The lowest BCUT2D eigenvalue weighted by atomic mass is 10.2. The number of nitrogen functional groups attached to an aromatic ring is 1. The van der Waals surface area contributed by atoms with Gasteiger partial charge < -0.3 is 11.1 Å². The summed E-state index contributed by atoms with van der Waals surface area (Å²) < 4.78 is 13.3. The summed E-state index contributed by atoms with van der Waals surface area (Å²) in [6.45, 7) is 0. The number of halogens is 1. The van der Waals surface area contributed by atoms with Crippen molar-refractivity contribution in [2.45, 2.75) is 0 Å². The molecule has 0 fully saturated rings. The van der Waals surface area contributed by atoms with E-state index >= 15 is 0 Å². The molecule has 0 radical (unpaired) electrons. The number of benzene rings is 2. The van der Waals surface area contributed by atoms with Crippen molar-refractivity contribution in [1.29, 1.82) is 0 Å². The van der Waals surface area contributed by atoms with Crippen molar-refractivity contribution in [2.75, 3.05) is 11.1 Å². The normalized spacial score (nSPS) is 9.93. The second-order valence-corrected chi connectivity index (χ2v) is 3.23. The highest BCUT2D eigenvalue weighted by Crippen LogP contribution is 2.20. The predicted molar refractivity (Wildman–Crippen MR) is 60.5 cm³/mol. The largest absolute Gasteiger partial charge is 0.399 e. The minimum atomic E-state index is -0.278. The fourth-order valence-corrected chi connectivity index (χ4v) is 1.33. The van der Waals surface area contributed by atoms with E-state index in [-0.39, 0.29) is 5.82 Å². The van der Waals surface area contributed by atoms with Crippen molar-refractivity contribution < 1.29 is 4.39 Å². The van der Waals surface area contributed by atoms with Crippen molar-refractivity contribution in [3.63, 3.8) is 0 Å². The van der Waals surface area contributed by atoms with Crippen LogP contribution in [0.5, 0.6) is 0 Å². The number of para-hydroxylation sites is 1. The molecule has 0 saturated heterocycles. The lowest BCUT2D eigenvalue weighted by Gasteiger charge is -2.07. The first-order valence-corrected chi connectivity index (χ1v) is 4.63. The number of hydrogen-bond acceptors (Lipinski definition) is 2. The van der Waals surface area contributed by atoms with Gasteiger partial charge in [0.25, 0.3) is 0 Å². The van der Waals surface area contributed by atoms with Gasteiger partial charge in [-0.15, -0.1) is 0 Å². The summed E-state index contributed by atoms with van der Waals surface area (Å²) >= 11 is 0. The Morgan fingerprint density at radius 2 is 1.80 bits per heavy atom. The van der Waals surface area contributed by atoms with Crippen LogP contribution in [0.15, 0.2) is 48.5 Å². The molecule has 0 saturated carbocycles. The van der Waals surface area contributed by atoms with E-state index in [9.17, 15) is 4.39 Å². The second kappa shape index (κ2) is 4.00. The molecule has 0 aromatic heterocycles. The summed E-state index contributed by atoms with van der Waals surface area (Å²) in [5.41, 5.74) is 7.49. The fraction of sp³-hybridized carbons (Fsp3) is 0. The molecule has 15 heavy (non-hydrogen) atoms. The molecule has 3 heteroatoms. The van der Waals surface area contributed by atoms with Gasteiger partial charge in [0.05, 0.1) is 5.69 Å². The Balaban J connectivity index is 2.26. The van der Waals surface area contributed by atoms with Crippen LogP contribution >= 0.6 is 0 Å². The van der Waals surface area contributed by atoms with E-state index in [0.717, 1.165) is 5.69 Å². The van der Waals surface area contributed by atoms with E-state index in [1.165, 1.54) is 6.07 Å². The van der Waals surface area contributed by atoms with Crippen LogP contribution in [0.4, 0.5) is 21.5 Å². The van der Waals surface area contributed by atoms with Crippen molar-refractivity contribution in [3.05, 3.63) is 54.3 Å². The molecule has 0 aliphatic heterocycles. The third-order valence-corrected chi connectivity index (χ3v) is 2.04. The predicted octanol–water partition coefficient (Wildman–Crippen LogP) is 3.15. The Bertz CT molecular complexity index is 469. The molecule has 0 amide bonds. The van der Waals surface area contributed by atoms with Gasteiger partial charge in [-0.3, -0.25) is 0 Å². The van der Waals surface area contributed by atoms with Gasteiger partial charge in [0.1, 0.15) is 5.82 Å². The van der Waals surface area contributed by atoms with E-state index in [1.807, 2.05) is 12.1 Å². The number of rotatable bonds is 2. The minimum Gasteiger partial charge on any atom is -0.399 e. The number of hydrogen-bond donors (Lipinski definition) is 2. The molecular weight excluding hydrogens is 191 g/mol. The Morgan fingerprint density at radius 3 is 2.53 bits per heavy atom. The van der Waals surface area contributed by atoms with Crippen LogP contribution in [-0.4, -0.2) is 0 Å². The van der Waals surface area contributed by atoms with E-state index < -0.39 is 0 Å². The lowest BCUT2D eigenvalue weighted by Crippen LogP contribution is -1.94. The highest BCUT2D eigenvalue weighted by atomic mass is 19.1. The standard InChI is InChI=1S/C12H11FN2/c13-11-6-1-2-7-12(11)15-10-5-3-4-9(14)8-10/h1-8,15H,14H2. The zero-order valence-corrected chi connectivity index (χ0v) is 8.07. The van der Waals surface area contributed by atoms with Gasteiger partial charge in [0.2, 0.25) is 0 Å². The topological polar surface area (TPSA) is 38.0 Å². The molecular formula is C12H11FN2. The van der Waals surface area contributed by atoms with Crippen LogP contribution in [0.2, 0.25) is 0 Å². The summed E-state index contributed by atoms with van der Waals surface area (Å²) in [6.07, 6.45) is 0. The zero-order chi connectivity index (χ0) is 10.7. The minimum absolute atomic E-state index is 0.278. The highest BCUT2D eigenvalue weighted by molar-refractivity contribution is 5.63. The third kappa shape index (κ3) is 2.26. The highest BCUT2D eigenvalue weighted by Gasteiger charge is 2.00. The molecule has 0 bridgehead atoms. The monoisotopic (exact) mass is 202 g/mol. The van der Waals surface area contributed by atoms with Gasteiger partial charge in [0.15, 0.2) is 0 Å². The molecule has 2 rings (SSSR count). The molecule has 2 nitrogen and oxygen atoms in total. The molecule has 0 aliphatic carbocycles. The van der Waals surface area contributed by atoms with Crippen molar-refractivity contribution in [2.24, 2.45) is 0 Å². The molecule has 0 unspecified atom stereocenters. The smallest absolute Gasteiger partial charge is 0.146 e. The molecule has 76 valence electrons. The lowest BCUT2D eigenvalue weighted by molar-refractivity contribution is 0.632. The summed E-state index contributed by atoms with van der Waals surface area (Å²) in [4.78, 5) is 0. The maximum atomic E-state index is 13.3. The van der Waals surface area contributed by atoms with Crippen LogP contribution in [0.3, 0.4) is 0 Å². The zero-order valence-electron chi connectivity index (χ0n) is 8.07. The maximum Gasteiger partial charge on any atom is 0.146 e. The molecule has 2 aromatic rings. The van der Waals surface area contributed by atoms with Gasteiger partial charge in [0, 0.05) is 11.4 Å². The Hall–Kier alpha value is -2.03. The van der Waals surface area contributed by atoms with Gasteiger partial charge in [-0.1, -0.05) is 18.2 Å². The van der Waals surface area contributed by atoms with Gasteiger partial charge in [-0.05, 0) is 30.3 Å². The van der Waals surface area contributed by atoms with Gasteiger partial charge in [-0.2, -0.15) is 0 Å². The molecule has 0 aliphatic rings. The SMILES string of the molecule is Nc1cccc(Nc2ccccc2F)c1. The van der Waals surface area contributed by atoms with Crippen LogP contribution in [0.25, 0.3) is 0 Å². The number of nitrogens with one attached hydrogen (secondary N) is 1. The third-order valence-electron chi connectivity index (χ3n) is 2.04. The van der Waals surface area contributed by atoms with Crippen LogP contribution in [-0.2, 0) is 0 Å². The van der Waals surface area contributed by atoms with Crippen molar-refractivity contribution in [3.8, 4) is 0 Å². The first-order chi connectivity index (χ1) is 7.25. The molecule has 0 atom stereocenters. The summed E-state index contributed by atoms with van der Waals surface area (Å²) in [5, 5.41) is 2.96. The van der Waals surface area contributed by atoms with Crippen LogP contribution < -0.4 is 11.1 Å². The summed E-state index contributed by atoms with van der Waals surface area (Å²) in [7, 11) is 0. The number of anilines is 3. The molecule has 0 spiro atoms. The quantitative estimate of drug-likeness (QED) is 0.734. The van der Waals surface area contributed by atoms with E-state index in [1.54, 1.807) is 30.3 Å². The molecule has 0 heterocycles. The Morgan fingerprint density at radius 1 is 1.00 bits per heavy atom. The van der Waals surface area contributed by atoms with Crippen molar-refractivity contribution >= 4 is 17.1 Å². The molecule has 2 aromatic carbocycles. The van der Waals surface area contributed by atoms with E-state index in [4.69, 9.17) is 5.73 Å². The number of nitrogens with two attached hydrogens (primary N) is 1. The first kappa shape index (κ1) is 9.52. The van der Waals surface area contributed by atoms with Gasteiger partial charge >= 0.3 is 0 Å². The first-order valence-electron chi connectivity index (χ1n) is 4.63. The summed E-state index contributed by atoms with van der Waals surface area (Å²) in [5.74, 6) is -0.278. The van der Waals surface area contributed by atoms with Crippen molar-refractivity contribution in [1.82, 2.24) is 0 Å². The van der Waals surface area contributed by atoms with Gasteiger partial charge in [-0.25, -0.2) is 4.39 Å². The Labute approximate surface area is 87.5 Å². The summed E-state index contributed by atoms with van der Waals surface area (Å²) in [6, 6.07) is 13.7. The van der Waals surface area contributed by atoms with Crippen LogP contribution in [0, 0.1) is 5.82 Å². The molecule has 3 N–H and O–H groups in total. The maximum absolute atomic E-state index is 13.3. The van der Waals surface area contributed by atoms with E-state index in [0.29, 0.717) is 11.4 Å². The fourth-order valence-electron chi connectivity index (χ4n) is 1.33. The van der Waals surface area contributed by atoms with E-state index in [2.05, 4.69) is 5.32 Å².